The van der Waals surface area contributed by atoms with Gasteiger partial charge in [0.2, 0.25) is 0 Å². The highest BCUT2D eigenvalue weighted by Gasteiger charge is 2.26. The zero-order valence-corrected chi connectivity index (χ0v) is 14.9. The van der Waals surface area contributed by atoms with E-state index in [9.17, 15) is 4.79 Å². The van der Waals surface area contributed by atoms with Crippen LogP contribution in [0.1, 0.15) is 34.6 Å². The van der Waals surface area contributed by atoms with Crippen LogP contribution in [0.3, 0.4) is 0 Å². The van der Waals surface area contributed by atoms with Crippen LogP contribution in [0.2, 0.25) is 0 Å². The number of amides is 1. The van der Waals surface area contributed by atoms with Crippen molar-refractivity contribution in [3.05, 3.63) is 58.9 Å². The number of hydrogen-bond donors (Lipinski definition) is 2. The summed E-state index contributed by atoms with van der Waals surface area (Å²) in [5.41, 5.74) is 5.22. The summed E-state index contributed by atoms with van der Waals surface area (Å²) in [6.45, 7) is 2.50. The number of benzene rings is 1. The summed E-state index contributed by atoms with van der Waals surface area (Å²) < 4.78 is 1.95. The fourth-order valence-corrected chi connectivity index (χ4v) is 3.51. The molecule has 0 atom stereocenters. The van der Waals surface area contributed by atoms with E-state index < -0.39 is 0 Å². The molecule has 6 heteroatoms. The highest BCUT2D eigenvalue weighted by atomic mass is 35.5. The van der Waals surface area contributed by atoms with Gasteiger partial charge in [-0.3, -0.25) is 4.79 Å². The molecule has 2 N–H and O–H groups in total. The summed E-state index contributed by atoms with van der Waals surface area (Å²) in [6.07, 6.45) is 6.18. The molecule has 1 aromatic carbocycles. The molecule has 1 aromatic heterocycles. The van der Waals surface area contributed by atoms with Gasteiger partial charge in [-0.05, 0) is 44.4 Å². The van der Waals surface area contributed by atoms with Crippen LogP contribution in [0.15, 0.2) is 42.0 Å². The minimum atomic E-state index is -0.0535. The molecule has 2 aliphatic rings. The normalized spacial score (nSPS) is 15.9. The Labute approximate surface area is 153 Å². The molecule has 0 saturated heterocycles. The van der Waals surface area contributed by atoms with Gasteiger partial charge in [-0.1, -0.05) is 29.8 Å². The molecule has 0 radical (unpaired) electrons. The number of carbonyl (C=O) groups is 1. The SMILES string of the molecule is Cl.O=C(NCC1=CCNCC1)c1nn(-c2ccccc2)c2c1CCC2. The summed E-state index contributed by atoms with van der Waals surface area (Å²) in [5.74, 6) is -0.0535. The summed E-state index contributed by atoms with van der Waals surface area (Å²) in [4.78, 5) is 12.7. The molecule has 132 valence electrons. The molecule has 2 heterocycles. The first-order valence-electron chi connectivity index (χ1n) is 8.66. The van der Waals surface area contributed by atoms with Crippen molar-refractivity contribution in [2.24, 2.45) is 0 Å². The number of halogens is 1. The molecule has 0 saturated carbocycles. The lowest BCUT2D eigenvalue weighted by atomic mass is 10.1. The minimum Gasteiger partial charge on any atom is -0.347 e. The van der Waals surface area contributed by atoms with Crippen LogP contribution in [0.5, 0.6) is 0 Å². The van der Waals surface area contributed by atoms with Gasteiger partial charge in [0.15, 0.2) is 5.69 Å². The van der Waals surface area contributed by atoms with Gasteiger partial charge in [-0.15, -0.1) is 12.4 Å². The Kier molecular flexibility index (Phi) is 5.56. The number of hydrogen-bond acceptors (Lipinski definition) is 3. The molecule has 4 rings (SSSR count). The highest BCUT2D eigenvalue weighted by molar-refractivity contribution is 5.94. The van der Waals surface area contributed by atoms with Gasteiger partial charge in [0.1, 0.15) is 0 Å². The zero-order chi connectivity index (χ0) is 16.4. The van der Waals surface area contributed by atoms with E-state index in [0.717, 1.165) is 50.0 Å². The van der Waals surface area contributed by atoms with Crippen molar-refractivity contribution < 1.29 is 4.79 Å². The second kappa shape index (κ2) is 7.85. The summed E-state index contributed by atoms with van der Waals surface area (Å²) in [5, 5.41) is 11.0. The van der Waals surface area contributed by atoms with Crippen molar-refractivity contribution in [2.45, 2.75) is 25.7 Å². The molecule has 2 aromatic rings. The molecule has 0 unspecified atom stereocenters. The number of carbonyl (C=O) groups excluding carboxylic acids is 1. The molecule has 0 spiro atoms. The van der Waals surface area contributed by atoms with Gasteiger partial charge in [-0.2, -0.15) is 5.10 Å². The lowest BCUT2D eigenvalue weighted by Gasteiger charge is -2.14. The molecule has 1 amide bonds. The van der Waals surface area contributed by atoms with Crippen molar-refractivity contribution in [2.75, 3.05) is 19.6 Å². The van der Waals surface area contributed by atoms with Crippen molar-refractivity contribution in [1.82, 2.24) is 20.4 Å². The molecule has 1 aliphatic heterocycles. The Hall–Kier alpha value is -2.11. The predicted octanol–water partition coefficient (Wildman–Crippen LogP) is 2.43. The lowest BCUT2D eigenvalue weighted by molar-refractivity contribution is 0.0950. The van der Waals surface area contributed by atoms with E-state index in [1.54, 1.807) is 0 Å². The zero-order valence-electron chi connectivity index (χ0n) is 14.1. The van der Waals surface area contributed by atoms with Crippen LogP contribution in [0.4, 0.5) is 0 Å². The maximum atomic E-state index is 12.7. The Balaban J connectivity index is 0.00000182. The van der Waals surface area contributed by atoms with Crippen LogP contribution in [0.25, 0.3) is 5.69 Å². The average molecular weight is 359 g/mol. The first kappa shape index (κ1) is 17.7. The van der Waals surface area contributed by atoms with E-state index in [-0.39, 0.29) is 18.3 Å². The van der Waals surface area contributed by atoms with Gasteiger partial charge >= 0.3 is 0 Å². The lowest BCUT2D eigenvalue weighted by Crippen LogP contribution is -2.30. The second-order valence-electron chi connectivity index (χ2n) is 6.37. The number of aromatic nitrogens is 2. The standard InChI is InChI=1S/C19H22N4O.ClH/c24-19(21-13-14-9-11-20-12-10-14)18-16-7-4-8-17(16)23(22-18)15-5-2-1-3-6-15;/h1-3,5-6,9,20H,4,7-8,10-13H2,(H,21,24);1H. The first-order chi connectivity index (χ1) is 11.8. The molecule has 0 fully saturated rings. The van der Waals surface area contributed by atoms with Crippen LogP contribution >= 0.6 is 12.4 Å². The van der Waals surface area contributed by atoms with E-state index >= 15 is 0 Å². The summed E-state index contributed by atoms with van der Waals surface area (Å²) in [6, 6.07) is 10.1. The third-order valence-corrected chi connectivity index (χ3v) is 4.78. The Bertz CT molecular complexity index is 782. The van der Waals surface area contributed by atoms with E-state index in [1.807, 2.05) is 35.0 Å². The highest BCUT2D eigenvalue weighted by Crippen LogP contribution is 2.27. The van der Waals surface area contributed by atoms with Gasteiger partial charge in [0, 0.05) is 24.3 Å². The third kappa shape index (κ3) is 3.62. The van der Waals surface area contributed by atoms with E-state index in [1.165, 1.54) is 11.3 Å². The largest absolute Gasteiger partial charge is 0.347 e. The topological polar surface area (TPSA) is 59.0 Å². The molecular weight excluding hydrogens is 336 g/mol. The fourth-order valence-electron chi connectivity index (χ4n) is 3.51. The Morgan fingerprint density at radius 3 is 2.80 bits per heavy atom. The molecular formula is C19H23ClN4O. The second-order valence-corrected chi connectivity index (χ2v) is 6.37. The number of nitrogens with zero attached hydrogens (tertiary/aromatic N) is 2. The van der Waals surface area contributed by atoms with E-state index in [4.69, 9.17) is 0 Å². The number of nitrogens with one attached hydrogen (secondary N) is 2. The Morgan fingerprint density at radius 2 is 2.04 bits per heavy atom. The third-order valence-electron chi connectivity index (χ3n) is 4.78. The van der Waals surface area contributed by atoms with Crippen molar-refractivity contribution in [3.63, 3.8) is 0 Å². The van der Waals surface area contributed by atoms with Crippen molar-refractivity contribution in [1.29, 1.82) is 0 Å². The maximum absolute atomic E-state index is 12.7. The van der Waals surface area contributed by atoms with Crippen LogP contribution < -0.4 is 10.6 Å². The van der Waals surface area contributed by atoms with Gasteiger partial charge in [-0.25, -0.2) is 4.68 Å². The minimum absolute atomic E-state index is 0. The van der Waals surface area contributed by atoms with Gasteiger partial charge < -0.3 is 10.6 Å². The molecule has 25 heavy (non-hydrogen) atoms. The molecule has 5 nitrogen and oxygen atoms in total. The average Bonchev–Trinajstić information content (AvgIpc) is 3.24. The predicted molar refractivity (Wildman–Crippen MR) is 101 cm³/mol. The quantitative estimate of drug-likeness (QED) is 0.825. The molecule has 0 bridgehead atoms. The van der Waals surface area contributed by atoms with Crippen LogP contribution in [-0.2, 0) is 12.8 Å². The van der Waals surface area contributed by atoms with Gasteiger partial charge in [0.05, 0.1) is 5.69 Å². The van der Waals surface area contributed by atoms with Gasteiger partial charge in [0.25, 0.3) is 5.91 Å². The Morgan fingerprint density at radius 1 is 1.20 bits per heavy atom. The summed E-state index contributed by atoms with van der Waals surface area (Å²) in [7, 11) is 0. The van der Waals surface area contributed by atoms with Crippen LogP contribution in [-0.4, -0.2) is 35.3 Å². The number of para-hydroxylation sites is 1. The number of fused-ring (bicyclic) bond motifs is 1. The fraction of sp³-hybridized carbons (Fsp3) is 0.368. The van der Waals surface area contributed by atoms with Crippen LogP contribution in [0, 0.1) is 0 Å². The summed E-state index contributed by atoms with van der Waals surface area (Å²) >= 11 is 0. The van der Waals surface area contributed by atoms with E-state index in [2.05, 4.69) is 21.8 Å². The monoisotopic (exact) mass is 358 g/mol. The maximum Gasteiger partial charge on any atom is 0.272 e. The number of rotatable bonds is 4. The smallest absolute Gasteiger partial charge is 0.272 e. The van der Waals surface area contributed by atoms with E-state index in [0.29, 0.717) is 12.2 Å². The van der Waals surface area contributed by atoms with Crippen molar-refractivity contribution in [3.8, 4) is 5.69 Å². The first-order valence-corrected chi connectivity index (χ1v) is 8.66. The molecule has 1 aliphatic carbocycles. The van der Waals surface area contributed by atoms with Crippen molar-refractivity contribution >= 4 is 18.3 Å².